The van der Waals surface area contributed by atoms with Crippen LogP contribution < -0.4 is 0 Å². The van der Waals surface area contributed by atoms with E-state index in [0.29, 0.717) is 18.9 Å². The molecule has 2 aromatic rings. The third-order valence-corrected chi connectivity index (χ3v) is 6.07. The van der Waals surface area contributed by atoms with Gasteiger partial charge in [-0.15, -0.1) is 0 Å². The van der Waals surface area contributed by atoms with Crippen molar-refractivity contribution in [3.63, 3.8) is 0 Å². The Labute approximate surface area is 170 Å². The molecule has 4 heterocycles. The Morgan fingerprint density at radius 2 is 1.93 bits per heavy atom. The molecule has 2 saturated heterocycles. The van der Waals surface area contributed by atoms with Gasteiger partial charge < -0.3 is 9.80 Å². The van der Waals surface area contributed by atoms with E-state index < -0.39 is 0 Å². The van der Waals surface area contributed by atoms with Crippen LogP contribution in [-0.2, 0) is 22.6 Å². The molecule has 0 unspecified atom stereocenters. The number of hydrogen-bond donors (Lipinski definition) is 0. The zero-order valence-electron chi connectivity index (χ0n) is 16.7. The Morgan fingerprint density at radius 3 is 2.72 bits per heavy atom. The van der Waals surface area contributed by atoms with Crippen LogP contribution in [0.25, 0.3) is 0 Å². The van der Waals surface area contributed by atoms with Gasteiger partial charge >= 0.3 is 0 Å². The Morgan fingerprint density at radius 1 is 1.07 bits per heavy atom. The highest BCUT2D eigenvalue weighted by atomic mass is 16.2. The highest BCUT2D eigenvalue weighted by Crippen LogP contribution is 2.30. The van der Waals surface area contributed by atoms with Crippen LogP contribution in [0.1, 0.15) is 37.7 Å². The Balaban J connectivity index is 1.33. The summed E-state index contributed by atoms with van der Waals surface area (Å²) in [5.41, 5.74) is 1.21. The summed E-state index contributed by atoms with van der Waals surface area (Å²) in [5, 5.41) is 4.05. The third kappa shape index (κ3) is 4.81. The van der Waals surface area contributed by atoms with Crippen molar-refractivity contribution >= 4 is 11.8 Å². The van der Waals surface area contributed by atoms with Crippen LogP contribution >= 0.6 is 0 Å². The molecule has 4 rings (SSSR count). The first-order valence-corrected chi connectivity index (χ1v) is 10.5. The number of fused-ring (bicyclic) bond motifs is 1. The minimum absolute atomic E-state index is 0.0689. The fraction of sp³-hybridized carbons (Fsp3) is 0.571. The van der Waals surface area contributed by atoms with E-state index in [-0.39, 0.29) is 24.4 Å². The van der Waals surface area contributed by atoms with E-state index in [2.05, 4.69) is 15.1 Å². The fourth-order valence-electron chi connectivity index (χ4n) is 4.55. The van der Waals surface area contributed by atoms with Crippen LogP contribution in [0.2, 0.25) is 0 Å². The maximum absolute atomic E-state index is 12.9. The highest BCUT2D eigenvalue weighted by molar-refractivity contribution is 5.78. The molecule has 2 fully saturated rings. The normalized spacial score (nSPS) is 21.7. The van der Waals surface area contributed by atoms with Gasteiger partial charge in [0.1, 0.15) is 19.2 Å². The lowest BCUT2D eigenvalue weighted by Crippen LogP contribution is -2.46. The number of pyridine rings is 1. The standard InChI is InChI=1S/C21H28N6O2/c28-20(6-3-4-17-7-9-22-10-8-17)25-12-18-5-1-2-11-27(19(18)13-25)21(29)14-26-16-23-15-24-26/h7-10,15-16,18-19H,1-6,11-14H2/t18-,19+/m0/s1. The molecule has 8 heteroatoms. The van der Waals surface area contributed by atoms with Crippen molar-refractivity contribution in [2.24, 2.45) is 5.92 Å². The van der Waals surface area contributed by atoms with Gasteiger partial charge in [-0.3, -0.25) is 14.6 Å². The maximum Gasteiger partial charge on any atom is 0.244 e. The molecule has 0 N–H and O–H groups in total. The summed E-state index contributed by atoms with van der Waals surface area (Å²) in [4.78, 5) is 37.6. The van der Waals surface area contributed by atoms with E-state index in [1.165, 1.54) is 11.9 Å². The quantitative estimate of drug-likeness (QED) is 0.739. The van der Waals surface area contributed by atoms with Crippen LogP contribution in [0.15, 0.2) is 37.2 Å². The van der Waals surface area contributed by atoms with Crippen LogP contribution in [0.5, 0.6) is 0 Å². The molecule has 29 heavy (non-hydrogen) atoms. The molecule has 0 aromatic carbocycles. The lowest BCUT2D eigenvalue weighted by atomic mass is 9.98. The summed E-state index contributed by atoms with van der Waals surface area (Å²) in [6.07, 6.45) is 12.1. The topological polar surface area (TPSA) is 84.2 Å². The number of likely N-dealkylation sites (tertiary alicyclic amines) is 2. The van der Waals surface area contributed by atoms with Gasteiger partial charge in [0.2, 0.25) is 11.8 Å². The average molecular weight is 396 g/mol. The number of carbonyl (C=O) groups excluding carboxylic acids is 2. The first kappa shape index (κ1) is 19.5. The van der Waals surface area contributed by atoms with Crippen molar-refractivity contribution in [1.29, 1.82) is 0 Å². The average Bonchev–Trinajstić information content (AvgIpc) is 3.35. The predicted octanol–water partition coefficient (Wildman–Crippen LogP) is 1.54. The lowest BCUT2D eigenvalue weighted by molar-refractivity contribution is -0.136. The highest BCUT2D eigenvalue weighted by Gasteiger charge is 2.41. The zero-order chi connectivity index (χ0) is 20.1. The Kier molecular flexibility index (Phi) is 6.17. The number of amides is 2. The summed E-state index contributed by atoms with van der Waals surface area (Å²) >= 11 is 0. The van der Waals surface area contributed by atoms with Crippen molar-refractivity contribution in [1.82, 2.24) is 29.5 Å². The van der Waals surface area contributed by atoms with Crippen LogP contribution in [0.4, 0.5) is 0 Å². The number of carbonyl (C=O) groups is 2. The van der Waals surface area contributed by atoms with Gasteiger partial charge in [0, 0.05) is 38.4 Å². The van der Waals surface area contributed by atoms with Crippen LogP contribution in [0, 0.1) is 5.92 Å². The summed E-state index contributed by atoms with van der Waals surface area (Å²) in [6, 6.07) is 4.12. The summed E-state index contributed by atoms with van der Waals surface area (Å²) in [7, 11) is 0. The number of nitrogens with zero attached hydrogens (tertiary/aromatic N) is 6. The molecule has 154 valence electrons. The molecule has 0 spiro atoms. The SMILES string of the molecule is O=C(CCCc1ccncc1)N1C[C@@H]2CCCCN(C(=O)Cn3cncn3)[C@@H]2C1. The molecule has 8 nitrogen and oxygen atoms in total. The Bertz CT molecular complexity index is 810. The van der Waals surface area contributed by atoms with Gasteiger partial charge in [0.15, 0.2) is 0 Å². The van der Waals surface area contributed by atoms with Crippen molar-refractivity contribution in [2.45, 2.75) is 51.1 Å². The minimum atomic E-state index is 0.0689. The van der Waals surface area contributed by atoms with Gasteiger partial charge in [0.25, 0.3) is 0 Å². The fourth-order valence-corrected chi connectivity index (χ4v) is 4.55. The molecule has 2 aliphatic heterocycles. The summed E-state index contributed by atoms with van der Waals surface area (Å²) in [5.74, 6) is 0.650. The molecule has 0 saturated carbocycles. The second kappa shape index (κ2) is 9.15. The van der Waals surface area contributed by atoms with Gasteiger partial charge in [-0.25, -0.2) is 9.67 Å². The molecule has 0 bridgehead atoms. The van der Waals surface area contributed by atoms with Crippen molar-refractivity contribution in [2.75, 3.05) is 19.6 Å². The van der Waals surface area contributed by atoms with E-state index >= 15 is 0 Å². The van der Waals surface area contributed by atoms with Gasteiger partial charge in [-0.2, -0.15) is 5.10 Å². The molecule has 2 aromatic heterocycles. The molecule has 0 aliphatic carbocycles. The van der Waals surface area contributed by atoms with E-state index in [0.717, 1.165) is 45.2 Å². The first-order chi connectivity index (χ1) is 14.2. The maximum atomic E-state index is 12.9. The Hall–Kier alpha value is -2.77. The molecular formula is C21H28N6O2. The number of rotatable bonds is 6. The zero-order valence-corrected chi connectivity index (χ0v) is 16.7. The molecular weight excluding hydrogens is 368 g/mol. The van der Waals surface area contributed by atoms with Gasteiger partial charge in [-0.05, 0) is 49.3 Å². The first-order valence-electron chi connectivity index (χ1n) is 10.5. The van der Waals surface area contributed by atoms with Crippen LogP contribution in [-0.4, -0.2) is 67.0 Å². The monoisotopic (exact) mass is 396 g/mol. The van der Waals surface area contributed by atoms with E-state index in [4.69, 9.17) is 0 Å². The molecule has 2 aliphatic rings. The van der Waals surface area contributed by atoms with E-state index in [1.807, 2.05) is 21.9 Å². The summed E-state index contributed by atoms with van der Waals surface area (Å²) in [6.45, 7) is 2.40. The van der Waals surface area contributed by atoms with Crippen LogP contribution in [0.3, 0.4) is 0 Å². The molecule has 2 atom stereocenters. The van der Waals surface area contributed by atoms with E-state index in [9.17, 15) is 9.59 Å². The van der Waals surface area contributed by atoms with Crippen molar-refractivity contribution < 1.29 is 9.59 Å². The van der Waals surface area contributed by atoms with E-state index in [1.54, 1.807) is 23.4 Å². The second-order valence-corrected chi connectivity index (χ2v) is 8.01. The number of aryl methyl sites for hydroxylation is 1. The molecule has 2 amide bonds. The third-order valence-electron chi connectivity index (χ3n) is 6.07. The number of hydrogen-bond acceptors (Lipinski definition) is 5. The van der Waals surface area contributed by atoms with Crippen molar-refractivity contribution in [3.8, 4) is 0 Å². The lowest BCUT2D eigenvalue weighted by Gasteiger charge is -2.30. The van der Waals surface area contributed by atoms with Crippen molar-refractivity contribution in [3.05, 3.63) is 42.7 Å². The van der Waals surface area contributed by atoms with Gasteiger partial charge in [-0.1, -0.05) is 6.42 Å². The van der Waals surface area contributed by atoms with Gasteiger partial charge in [0.05, 0.1) is 6.04 Å². The minimum Gasteiger partial charge on any atom is -0.340 e. The predicted molar refractivity (Wildman–Crippen MR) is 107 cm³/mol. The molecule has 0 radical (unpaired) electrons. The largest absolute Gasteiger partial charge is 0.340 e. The second-order valence-electron chi connectivity index (χ2n) is 8.01. The smallest absolute Gasteiger partial charge is 0.244 e. The summed E-state index contributed by atoms with van der Waals surface area (Å²) < 4.78 is 1.57. The number of aromatic nitrogens is 4.